The Labute approximate surface area is 139 Å². The summed E-state index contributed by atoms with van der Waals surface area (Å²) >= 11 is 0. The van der Waals surface area contributed by atoms with E-state index in [9.17, 15) is 31.3 Å². The van der Waals surface area contributed by atoms with E-state index in [-0.39, 0.29) is 0 Å². The zero-order valence-electron chi connectivity index (χ0n) is 13.6. The predicted octanol–water partition coefficient (Wildman–Crippen LogP) is 3.35. The lowest BCUT2D eigenvalue weighted by molar-refractivity contribution is -0.228. The average Bonchev–Trinajstić information content (AvgIpc) is 2.43. The van der Waals surface area contributed by atoms with E-state index in [0.717, 1.165) is 19.1 Å². The summed E-state index contributed by atoms with van der Waals surface area (Å²) in [6.45, 7) is 5.50. The minimum atomic E-state index is -5.25. The Morgan fingerprint density at radius 1 is 1.12 bits per heavy atom. The monoisotopic (exact) mass is 373 g/mol. The van der Waals surface area contributed by atoms with E-state index in [1.54, 1.807) is 0 Å². The second kappa shape index (κ2) is 7.05. The fourth-order valence-corrected chi connectivity index (χ4v) is 2.88. The van der Waals surface area contributed by atoms with Crippen LogP contribution in [0, 0.1) is 5.82 Å². The van der Waals surface area contributed by atoms with Gasteiger partial charge in [0.1, 0.15) is 5.82 Å². The molecule has 0 bridgehead atoms. The van der Waals surface area contributed by atoms with Crippen LogP contribution in [0.15, 0.2) is 24.3 Å². The second-order valence-electron chi connectivity index (χ2n) is 6.55. The number of aliphatic hydroxyl groups excluding tert-OH is 1. The highest BCUT2D eigenvalue weighted by Gasteiger charge is 2.53. The maximum absolute atomic E-state index is 14.6. The fourth-order valence-electron chi connectivity index (χ4n) is 1.97. The molecule has 9 heteroatoms. The minimum Gasteiger partial charge on any atom is -0.381 e. The van der Waals surface area contributed by atoms with Gasteiger partial charge in [-0.1, -0.05) is 18.2 Å². The molecule has 0 fully saturated rings. The van der Waals surface area contributed by atoms with Crippen molar-refractivity contribution in [2.75, 3.05) is 0 Å². The van der Waals surface area contributed by atoms with Crippen molar-refractivity contribution in [1.82, 2.24) is 4.72 Å². The second-order valence-corrected chi connectivity index (χ2v) is 8.52. The number of halogens is 5. The van der Waals surface area contributed by atoms with Gasteiger partial charge in [-0.2, -0.15) is 13.2 Å². The van der Waals surface area contributed by atoms with Crippen molar-refractivity contribution >= 4 is 11.0 Å². The van der Waals surface area contributed by atoms with Crippen molar-refractivity contribution in [2.45, 2.75) is 56.4 Å². The van der Waals surface area contributed by atoms with Gasteiger partial charge in [0.05, 0.1) is 21.3 Å². The molecule has 0 saturated heterocycles. The maximum Gasteiger partial charge on any atom is 0.417 e. The van der Waals surface area contributed by atoms with Crippen molar-refractivity contribution in [1.29, 1.82) is 0 Å². The fraction of sp³-hybridized carbons (Fsp3) is 0.600. The smallest absolute Gasteiger partial charge is 0.381 e. The van der Waals surface area contributed by atoms with Gasteiger partial charge in [0.25, 0.3) is 0 Å². The molecule has 1 aromatic carbocycles. The standard InChI is InChI=1S/C15H20F5NO2S/c1-13(2,3)24(23)21-14(4,9-7-5-6-8-10(9)16)11(17)12(22)15(18,19)20/h5-8,11-12,21-22H,1-4H3/t11-,12-,14+,24+/m0/s1. The molecule has 1 rings (SSSR count). The summed E-state index contributed by atoms with van der Waals surface area (Å²) in [4.78, 5) is 0. The highest BCUT2D eigenvalue weighted by molar-refractivity contribution is 7.84. The number of nitrogens with one attached hydrogen (secondary N) is 1. The number of hydrogen-bond donors (Lipinski definition) is 2. The number of aliphatic hydroxyl groups is 1. The first-order chi connectivity index (χ1) is 10.7. The molecule has 0 saturated carbocycles. The molecule has 0 aliphatic carbocycles. The van der Waals surface area contributed by atoms with E-state index < -0.39 is 51.1 Å². The van der Waals surface area contributed by atoms with Crippen molar-refractivity contribution in [3.63, 3.8) is 0 Å². The van der Waals surface area contributed by atoms with Crippen LogP contribution in [0.5, 0.6) is 0 Å². The Bertz CT molecular complexity index is 602. The van der Waals surface area contributed by atoms with Gasteiger partial charge in [-0.3, -0.25) is 0 Å². The molecule has 0 heterocycles. The molecule has 0 aliphatic rings. The summed E-state index contributed by atoms with van der Waals surface area (Å²) in [7, 11) is -2.01. The molecule has 1 aromatic rings. The first-order valence-electron chi connectivity index (χ1n) is 7.05. The Balaban J connectivity index is 3.42. The summed E-state index contributed by atoms with van der Waals surface area (Å²) in [5.74, 6) is -0.976. The van der Waals surface area contributed by atoms with Crippen LogP contribution in [-0.2, 0) is 16.5 Å². The van der Waals surface area contributed by atoms with Crippen LogP contribution in [0.25, 0.3) is 0 Å². The minimum absolute atomic E-state index is 0.460. The van der Waals surface area contributed by atoms with Gasteiger partial charge in [0.15, 0.2) is 12.3 Å². The number of hydrogen-bond acceptors (Lipinski definition) is 2. The van der Waals surface area contributed by atoms with Gasteiger partial charge < -0.3 is 5.11 Å². The lowest BCUT2D eigenvalue weighted by Crippen LogP contribution is -2.58. The van der Waals surface area contributed by atoms with E-state index in [4.69, 9.17) is 0 Å². The molecule has 2 N–H and O–H groups in total. The molecule has 138 valence electrons. The number of benzene rings is 1. The molecular weight excluding hydrogens is 353 g/mol. The van der Waals surface area contributed by atoms with E-state index in [1.807, 2.05) is 0 Å². The molecule has 24 heavy (non-hydrogen) atoms. The lowest BCUT2D eigenvalue weighted by atomic mass is 9.85. The van der Waals surface area contributed by atoms with Crippen LogP contribution in [0.2, 0.25) is 0 Å². The Hall–Kier alpha value is -1.06. The van der Waals surface area contributed by atoms with Crippen LogP contribution in [0.3, 0.4) is 0 Å². The molecule has 0 aromatic heterocycles. The molecule has 3 nitrogen and oxygen atoms in total. The van der Waals surface area contributed by atoms with Gasteiger partial charge in [-0.05, 0) is 33.8 Å². The summed E-state index contributed by atoms with van der Waals surface area (Å²) in [5, 5.41) is 9.30. The molecular formula is C15H20F5NO2S. The largest absolute Gasteiger partial charge is 0.417 e. The Morgan fingerprint density at radius 3 is 2.04 bits per heavy atom. The van der Waals surface area contributed by atoms with Crippen LogP contribution >= 0.6 is 0 Å². The Kier molecular flexibility index (Phi) is 6.16. The topological polar surface area (TPSA) is 49.3 Å². The first-order valence-corrected chi connectivity index (χ1v) is 8.20. The SMILES string of the molecule is CC(C)(C)[S@@](=O)N[C@](C)(c1ccccc1F)[C@@H](F)[C@H](O)C(F)(F)F. The number of alkyl halides is 4. The summed E-state index contributed by atoms with van der Waals surface area (Å²) in [6, 6.07) is 4.62. The molecule has 0 spiro atoms. The van der Waals surface area contributed by atoms with E-state index in [2.05, 4.69) is 4.72 Å². The van der Waals surface area contributed by atoms with Crippen molar-refractivity contribution in [2.24, 2.45) is 0 Å². The van der Waals surface area contributed by atoms with Crippen molar-refractivity contribution in [3.05, 3.63) is 35.6 Å². The molecule has 0 radical (unpaired) electrons. The van der Waals surface area contributed by atoms with E-state index in [0.29, 0.717) is 0 Å². The maximum atomic E-state index is 14.6. The zero-order valence-corrected chi connectivity index (χ0v) is 14.4. The highest BCUT2D eigenvalue weighted by atomic mass is 32.2. The average molecular weight is 373 g/mol. The third-order valence-corrected chi connectivity index (χ3v) is 5.18. The molecule has 0 aliphatic heterocycles. The van der Waals surface area contributed by atoms with Crippen LogP contribution in [0.4, 0.5) is 22.0 Å². The predicted molar refractivity (Wildman–Crippen MR) is 81.7 cm³/mol. The number of rotatable bonds is 5. The third kappa shape index (κ3) is 4.52. The molecule has 0 amide bonds. The highest BCUT2D eigenvalue weighted by Crippen LogP contribution is 2.37. The van der Waals surface area contributed by atoms with Crippen LogP contribution in [0.1, 0.15) is 33.3 Å². The lowest BCUT2D eigenvalue weighted by Gasteiger charge is -2.38. The van der Waals surface area contributed by atoms with Gasteiger partial charge in [0, 0.05) is 5.56 Å². The third-order valence-electron chi connectivity index (χ3n) is 3.46. The summed E-state index contributed by atoms with van der Waals surface area (Å²) in [5.41, 5.74) is -2.82. The quantitative estimate of drug-likeness (QED) is 0.778. The van der Waals surface area contributed by atoms with E-state index in [1.165, 1.54) is 32.9 Å². The van der Waals surface area contributed by atoms with Gasteiger partial charge in [-0.15, -0.1) is 0 Å². The van der Waals surface area contributed by atoms with Crippen molar-refractivity contribution < 1.29 is 31.3 Å². The van der Waals surface area contributed by atoms with Crippen molar-refractivity contribution in [3.8, 4) is 0 Å². The van der Waals surface area contributed by atoms with Crippen LogP contribution < -0.4 is 4.72 Å². The van der Waals surface area contributed by atoms with Crippen LogP contribution in [-0.4, -0.2) is 32.5 Å². The van der Waals surface area contributed by atoms with E-state index >= 15 is 0 Å². The van der Waals surface area contributed by atoms with Gasteiger partial charge in [-0.25, -0.2) is 17.7 Å². The summed E-state index contributed by atoms with van der Waals surface area (Å²) < 4.78 is 80.5. The normalized spacial score (nSPS) is 19.4. The van der Waals surface area contributed by atoms with Gasteiger partial charge >= 0.3 is 6.18 Å². The first kappa shape index (κ1) is 21.0. The zero-order chi connectivity index (χ0) is 18.9. The van der Waals surface area contributed by atoms with Gasteiger partial charge in [0.2, 0.25) is 0 Å². The Morgan fingerprint density at radius 2 is 1.62 bits per heavy atom. The summed E-state index contributed by atoms with van der Waals surface area (Å²) in [6.07, 6.45) is -11.6. The molecule has 0 unspecified atom stereocenters. The molecule has 4 atom stereocenters.